The fraction of sp³-hybridized carbons (Fsp3) is 0.667. The lowest BCUT2D eigenvalue weighted by Gasteiger charge is -2.15. The Hall–Kier alpha value is -3.15. The number of esters is 1. The summed E-state index contributed by atoms with van der Waals surface area (Å²) in [6, 6.07) is 0. The number of carboxylic acid groups (broad SMARTS) is 1. The zero-order chi connectivity index (χ0) is 37.3. The lowest BCUT2D eigenvalue weighted by Crippen LogP contribution is -2.28. The van der Waals surface area contributed by atoms with Gasteiger partial charge in [0.1, 0.15) is 12.6 Å². The molecule has 0 aliphatic rings. The number of allylic oxidation sites excluding steroid dienone is 11. The molecule has 0 saturated carbocycles. The van der Waals surface area contributed by atoms with Gasteiger partial charge in [0.15, 0.2) is 0 Å². The van der Waals surface area contributed by atoms with E-state index in [4.69, 9.17) is 9.84 Å². The first-order chi connectivity index (χ1) is 25.0. The van der Waals surface area contributed by atoms with Gasteiger partial charge in [0.05, 0.1) is 0 Å². The number of nitrogens with one attached hydrogen (secondary N) is 1. The van der Waals surface area contributed by atoms with E-state index in [1.165, 1.54) is 57.8 Å². The van der Waals surface area contributed by atoms with Crippen LogP contribution < -0.4 is 5.32 Å². The molecule has 0 aromatic heterocycles. The summed E-state index contributed by atoms with van der Waals surface area (Å²) in [4.78, 5) is 35.0. The van der Waals surface area contributed by atoms with E-state index < -0.39 is 5.97 Å². The van der Waals surface area contributed by atoms with Crippen LogP contribution in [0.3, 0.4) is 0 Å². The van der Waals surface area contributed by atoms with E-state index in [2.05, 4.69) is 92.1 Å². The van der Waals surface area contributed by atoms with Gasteiger partial charge in [0.25, 0.3) is 0 Å². The summed E-state index contributed by atoms with van der Waals surface area (Å²) in [6.07, 6.45) is 53.2. The summed E-state index contributed by atoms with van der Waals surface area (Å²) in [7, 11) is 0. The predicted octanol–water partition coefficient (Wildman–Crippen LogP) is 12.6. The average Bonchev–Trinajstić information content (AvgIpc) is 3.11. The molecule has 0 spiro atoms. The van der Waals surface area contributed by atoms with Gasteiger partial charge in [-0.3, -0.25) is 14.4 Å². The molecule has 0 aliphatic heterocycles. The highest BCUT2D eigenvalue weighted by molar-refractivity contribution is 5.80. The fourth-order valence-electron chi connectivity index (χ4n) is 5.57. The van der Waals surface area contributed by atoms with Gasteiger partial charge >= 0.3 is 11.9 Å². The van der Waals surface area contributed by atoms with Crippen LogP contribution in [-0.2, 0) is 19.1 Å². The van der Waals surface area contributed by atoms with Crippen LogP contribution in [0, 0.1) is 0 Å². The van der Waals surface area contributed by atoms with Crippen molar-refractivity contribution < 1.29 is 24.2 Å². The van der Waals surface area contributed by atoms with Crippen LogP contribution in [0.15, 0.2) is 72.9 Å². The second kappa shape index (κ2) is 39.6. The molecule has 290 valence electrons. The van der Waals surface area contributed by atoms with E-state index in [1.54, 1.807) is 0 Å². The highest BCUT2D eigenvalue weighted by Gasteiger charge is 2.12. The second-order valence-corrected chi connectivity index (χ2v) is 13.5. The van der Waals surface area contributed by atoms with Crippen LogP contribution in [0.2, 0.25) is 0 Å². The van der Waals surface area contributed by atoms with E-state index >= 15 is 0 Å². The Balaban J connectivity index is 4.16. The molecule has 0 aliphatic carbocycles. The molecular weight excluding hydrogens is 634 g/mol. The Labute approximate surface area is 313 Å². The van der Waals surface area contributed by atoms with Crippen molar-refractivity contribution in [2.24, 2.45) is 0 Å². The van der Waals surface area contributed by atoms with Crippen LogP contribution >= 0.6 is 0 Å². The molecule has 0 bridgehead atoms. The summed E-state index contributed by atoms with van der Waals surface area (Å²) in [6.45, 7) is 4.07. The minimum absolute atomic E-state index is 0.102. The summed E-state index contributed by atoms with van der Waals surface area (Å²) in [5.41, 5.74) is 0. The Bertz CT molecular complexity index is 1010. The maximum atomic E-state index is 12.7. The number of carbonyl (C=O) groups excluding carboxylic acids is 2. The molecule has 6 nitrogen and oxygen atoms in total. The van der Waals surface area contributed by atoms with Crippen LogP contribution in [0.4, 0.5) is 0 Å². The third kappa shape index (κ3) is 39.5. The molecule has 0 aromatic carbocycles. The maximum absolute atomic E-state index is 12.7. The number of aliphatic carboxylic acids is 1. The lowest BCUT2D eigenvalue weighted by atomic mass is 10.1. The first kappa shape index (κ1) is 47.8. The van der Waals surface area contributed by atoms with E-state index in [9.17, 15) is 14.4 Å². The molecule has 0 rings (SSSR count). The van der Waals surface area contributed by atoms with Crippen molar-refractivity contribution in [3.05, 3.63) is 72.9 Å². The summed E-state index contributed by atoms with van der Waals surface area (Å²) >= 11 is 0. The minimum atomic E-state index is -1.03. The Morgan fingerprint density at radius 2 is 1.02 bits per heavy atom. The monoisotopic (exact) mass is 710 g/mol. The average molecular weight is 710 g/mol. The van der Waals surface area contributed by atoms with Gasteiger partial charge in [-0.1, -0.05) is 151 Å². The van der Waals surface area contributed by atoms with Gasteiger partial charge in [0, 0.05) is 12.8 Å². The molecule has 51 heavy (non-hydrogen) atoms. The van der Waals surface area contributed by atoms with Crippen molar-refractivity contribution in [1.29, 1.82) is 0 Å². The van der Waals surface area contributed by atoms with Gasteiger partial charge in [0.2, 0.25) is 5.91 Å². The number of ether oxygens (including phenoxy) is 1. The van der Waals surface area contributed by atoms with Crippen molar-refractivity contribution >= 4 is 17.8 Å². The molecule has 1 atom stereocenters. The maximum Gasteiger partial charge on any atom is 0.322 e. The van der Waals surface area contributed by atoms with Crippen molar-refractivity contribution in [1.82, 2.24) is 5.32 Å². The molecule has 0 heterocycles. The number of hydrogen-bond donors (Lipinski definition) is 2. The Kier molecular flexibility index (Phi) is 37.2. The Morgan fingerprint density at radius 3 is 1.59 bits per heavy atom. The van der Waals surface area contributed by atoms with E-state index in [-0.39, 0.29) is 24.5 Å². The van der Waals surface area contributed by atoms with Crippen molar-refractivity contribution in [2.75, 3.05) is 6.54 Å². The number of hydrogen-bond acceptors (Lipinski definition) is 4. The SMILES string of the molecule is CC/C=C\C/C=C\C/C=C\C/C=C\C/C=C\CCCCCCCC(=O)OC(/C=C\CCCCCCCCC)CCCCCCC(=O)NCC(=O)O. The van der Waals surface area contributed by atoms with Crippen molar-refractivity contribution in [3.8, 4) is 0 Å². The number of rotatable bonds is 36. The third-order valence-electron chi connectivity index (χ3n) is 8.60. The number of unbranched alkanes of at least 4 members (excludes halogenated alkanes) is 15. The van der Waals surface area contributed by atoms with Crippen LogP contribution in [-0.4, -0.2) is 35.6 Å². The first-order valence-corrected chi connectivity index (χ1v) is 20.6. The van der Waals surface area contributed by atoms with Crippen LogP contribution in [0.1, 0.15) is 181 Å². The van der Waals surface area contributed by atoms with Crippen LogP contribution in [0.25, 0.3) is 0 Å². The molecule has 0 fully saturated rings. The van der Waals surface area contributed by atoms with E-state index in [1.807, 2.05) is 0 Å². The van der Waals surface area contributed by atoms with Crippen molar-refractivity contribution in [3.63, 3.8) is 0 Å². The zero-order valence-corrected chi connectivity index (χ0v) is 32.7. The van der Waals surface area contributed by atoms with Gasteiger partial charge in [-0.15, -0.1) is 0 Å². The first-order valence-electron chi connectivity index (χ1n) is 20.6. The molecule has 1 amide bonds. The molecular formula is C45H75NO5. The topological polar surface area (TPSA) is 92.7 Å². The second-order valence-electron chi connectivity index (χ2n) is 13.5. The number of carbonyl (C=O) groups is 3. The summed E-state index contributed by atoms with van der Waals surface area (Å²) in [5, 5.41) is 11.1. The van der Waals surface area contributed by atoms with Gasteiger partial charge < -0.3 is 15.2 Å². The molecule has 1 unspecified atom stereocenters. The van der Waals surface area contributed by atoms with Gasteiger partial charge in [-0.05, 0) is 89.5 Å². The van der Waals surface area contributed by atoms with E-state index in [0.29, 0.717) is 12.8 Å². The normalized spacial score (nSPS) is 12.8. The highest BCUT2D eigenvalue weighted by Crippen LogP contribution is 2.15. The van der Waals surface area contributed by atoms with Crippen LogP contribution in [0.5, 0.6) is 0 Å². The quantitative estimate of drug-likeness (QED) is 0.0384. The highest BCUT2D eigenvalue weighted by atomic mass is 16.5. The fourth-order valence-corrected chi connectivity index (χ4v) is 5.57. The standard InChI is InChI=1S/C45H75NO5/c1-3-5-7-9-11-13-14-15-16-17-18-19-20-21-22-23-24-26-28-30-36-40-45(50)51-42(37-33-29-27-25-12-10-8-6-4-2)38-34-31-32-35-39-43(47)46-41-44(48)49/h5,7,11,13,15-16,18-19,21-22,33,37,42H,3-4,6,8-10,12,14,17,20,23-32,34-36,38-41H2,1-2H3,(H,46,47)(H,48,49)/b7-5-,13-11-,16-15-,19-18-,22-21-,37-33-. The Morgan fingerprint density at radius 1 is 0.549 bits per heavy atom. The summed E-state index contributed by atoms with van der Waals surface area (Å²) < 4.78 is 5.90. The molecule has 0 radical (unpaired) electrons. The smallest absolute Gasteiger partial charge is 0.322 e. The number of carboxylic acids is 1. The predicted molar refractivity (Wildman–Crippen MR) is 217 cm³/mol. The molecule has 2 N–H and O–H groups in total. The number of amides is 1. The largest absolute Gasteiger partial charge is 0.480 e. The van der Waals surface area contributed by atoms with Gasteiger partial charge in [-0.2, -0.15) is 0 Å². The van der Waals surface area contributed by atoms with Gasteiger partial charge in [-0.25, -0.2) is 0 Å². The molecule has 0 aromatic rings. The molecule has 6 heteroatoms. The zero-order valence-electron chi connectivity index (χ0n) is 32.7. The minimum Gasteiger partial charge on any atom is -0.480 e. The molecule has 0 saturated heterocycles. The lowest BCUT2D eigenvalue weighted by molar-refractivity contribution is -0.147. The van der Waals surface area contributed by atoms with Crippen molar-refractivity contribution in [2.45, 2.75) is 187 Å². The summed E-state index contributed by atoms with van der Waals surface area (Å²) in [5.74, 6) is -1.35. The van der Waals surface area contributed by atoms with E-state index in [0.717, 1.165) is 96.3 Å². The third-order valence-corrected chi connectivity index (χ3v) is 8.60.